The molecule has 1 aliphatic carbocycles. The number of thiocarbonyl (C=S) groups is 1. The molecule has 0 amide bonds. The molecule has 0 aliphatic heterocycles. The molecule has 1 saturated carbocycles. The Balaban J connectivity index is 1.98. The fourth-order valence-corrected chi connectivity index (χ4v) is 3.03. The van der Waals surface area contributed by atoms with E-state index >= 15 is 0 Å². The summed E-state index contributed by atoms with van der Waals surface area (Å²) in [6.45, 7) is 3.27. The van der Waals surface area contributed by atoms with Crippen LogP contribution in [0.4, 0.5) is 0 Å². The molecule has 0 radical (unpaired) electrons. The lowest BCUT2D eigenvalue weighted by atomic mass is 9.99. The third-order valence-corrected chi connectivity index (χ3v) is 4.50. The van der Waals surface area contributed by atoms with Gasteiger partial charge in [0.25, 0.3) is 0 Å². The van der Waals surface area contributed by atoms with Crippen molar-refractivity contribution in [2.75, 3.05) is 13.6 Å². The Labute approximate surface area is 125 Å². The standard InChI is InChI=1S/C15H21ClN2S/c1-11(12-3-5-13(16)6-4-12)18(2)10-15(7-8-15)9-14(17)19/h3-6,11H,7-10H2,1-2H3,(H2,17,19). The third kappa shape index (κ3) is 3.91. The zero-order chi connectivity index (χ0) is 14.0. The molecule has 0 saturated heterocycles. The summed E-state index contributed by atoms with van der Waals surface area (Å²) in [6, 6.07) is 8.46. The summed E-state index contributed by atoms with van der Waals surface area (Å²) in [5.41, 5.74) is 7.32. The molecule has 2 rings (SSSR count). The molecule has 2 nitrogen and oxygen atoms in total. The summed E-state index contributed by atoms with van der Waals surface area (Å²) in [5.74, 6) is 0. The lowest BCUT2D eigenvalue weighted by molar-refractivity contribution is 0.212. The van der Waals surface area contributed by atoms with Crippen LogP contribution in [-0.2, 0) is 0 Å². The minimum absolute atomic E-state index is 0.335. The Hall–Kier alpha value is -0.640. The van der Waals surface area contributed by atoms with Crippen LogP contribution in [-0.4, -0.2) is 23.5 Å². The second kappa shape index (κ2) is 5.78. The highest BCUT2D eigenvalue weighted by atomic mass is 35.5. The molecule has 2 N–H and O–H groups in total. The smallest absolute Gasteiger partial charge is 0.0733 e. The Kier molecular flexibility index (Phi) is 4.49. The van der Waals surface area contributed by atoms with Crippen LogP contribution in [0.25, 0.3) is 0 Å². The van der Waals surface area contributed by atoms with Crippen LogP contribution in [0.2, 0.25) is 5.02 Å². The number of nitrogens with two attached hydrogens (primary N) is 1. The molecule has 0 spiro atoms. The van der Waals surface area contributed by atoms with Crippen LogP contribution in [0.3, 0.4) is 0 Å². The molecule has 1 aromatic rings. The summed E-state index contributed by atoms with van der Waals surface area (Å²) in [4.78, 5) is 3.03. The second-order valence-corrected chi connectivity index (χ2v) is 6.75. The Morgan fingerprint density at radius 2 is 2.00 bits per heavy atom. The van der Waals surface area contributed by atoms with Gasteiger partial charge in [-0.3, -0.25) is 4.90 Å². The molecule has 1 aromatic carbocycles. The van der Waals surface area contributed by atoms with Gasteiger partial charge in [-0.05, 0) is 49.9 Å². The van der Waals surface area contributed by atoms with Gasteiger partial charge in [0.05, 0.1) is 4.99 Å². The lowest BCUT2D eigenvalue weighted by Crippen LogP contribution is -2.31. The number of rotatable bonds is 6. The first kappa shape index (κ1) is 14.8. The predicted octanol–water partition coefficient (Wildman–Crippen LogP) is 3.79. The minimum atomic E-state index is 0.335. The van der Waals surface area contributed by atoms with Crippen LogP contribution in [0.5, 0.6) is 0 Å². The molecule has 0 aromatic heterocycles. The molecule has 0 bridgehead atoms. The van der Waals surface area contributed by atoms with Gasteiger partial charge in [0.15, 0.2) is 0 Å². The van der Waals surface area contributed by atoms with Gasteiger partial charge in [0.1, 0.15) is 0 Å². The van der Waals surface area contributed by atoms with E-state index in [0.717, 1.165) is 18.0 Å². The first-order valence-electron chi connectivity index (χ1n) is 6.66. The van der Waals surface area contributed by atoms with E-state index in [-0.39, 0.29) is 0 Å². The van der Waals surface area contributed by atoms with E-state index < -0.39 is 0 Å². The van der Waals surface area contributed by atoms with E-state index in [1.165, 1.54) is 18.4 Å². The summed E-state index contributed by atoms with van der Waals surface area (Å²) in [7, 11) is 2.17. The van der Waals surface area contributed by atoms with Gasteiger partial charge >= 0.3 is 0 Å². The first-order chi connectivity index (χ1) is 8.92. The van der Waals surface area contributed by atoms with Gasteiger partial charge in [-0.15, -0.1) is 0 Å². The lowest BCUT2D eigenvalue weighted by Gasteiger charge is -2.29. The van der Waals surface area contributed by atoms with Crippen molar-refractivity contribution in [3.8, 4) is 0 Å². The van der Waals surface area contributed by atoms with Crippen LogP contribution in [0.1, 0.15) is 37.8 Å². The third-order valence-electron chi connectivity index (χ3n) is 4.10. The molecule has 19 heavy (non-hydrogen) atoms. The highest BCUT2D eigenvalue weighted by molar-refractivity contribution is 7.80. The molecular weight excluding hydrogens is 276 g/mol. The van der Waals surface area contributed by atoms with Gasteiger partial charge in [-0.25, -0.2) is 0 Å². The quantitative estimate of drug-likeness (QED) is 0.810. The van der Waals surface area contributed by atoms with Crippen molar-refractivity contribution in [3.63, 3.8) is 0 Å². The predicted molar refractivity (Wildman–Crippen MR) is 85.6 cm³/mol. The monoisotopic (exact) mass is 296 g/mol. The van der Waals surface area contributed by atoms with E-state index in [0.29, 0.717) is 16.4 Å². The fraction of sp³-hybridized carbons (Fsp3) is 0.533. The van der Waals surface area contributed by atoms with E-state index in [1.54, 1.807) is 0 Å². The zero-order valence-electron chi connectivity index (χ0n) is 11.5. The molecule has 1 aliphatic rings. The second-order valence-electron chi connectivity index (χ2n) is 5.79. The topological polar surface area (TPSA) is 29.3 Å². The maximum atomic E-state index is 5.93. The van der Waals surface area contributed by atoms with Gasteiger partial charge in [0.2, 0.25) is 0 Å². The highest BCUT2D eigenvalue weighted by Crippen LogP contribution is 2.50. The molecule has 104 valence electrons. The van der Waals surface area contributed by atoms with Crippen molar-refractivity contribution in [3.05, 3.63) is 34.9 Å². The van der Waals surface area contributed by atoms with Gasteiger partial charge < -0.3 is 5.73 Å². The average molecular weight is 297 g/mol. The van der Waals surface area contributed by atoms with Crippen molar-refractivity contribution < 1.29 is 0 Å². The number of benzene rings is 1. The first-order valence-corrected chi connectivity index (χ1v) is 7.44. The number of hydrogen-bond acceptors (Lipinski definition) is 2. The van der Waals surface area contributed by atoms with Crippen molar-refractivity contribution >= 4 is 28.8 Å². The minimum Gasteiger partial charge on any atom is -0.393 e. The van der Waals surface area contributed by atoms with Gasteiger partial charge in [-0.2, -0.15) is 0 Å². The van der Waals surface area contributed by atoms with Gasteiger partial charge in [-0.1, -0.05) is 36.0 Å². The van der Waals surface area contributed by atoms with E-state index in [9.17, 15) is 0 Å². The van der Waals surface area contributed by atoms with E-state index in [2.05, 4.69) is 31.0 Å². The summed E-state index contributed by atoms with van der Waals surface area (Å²) in [5, 5.41) is 0.783. The summed E-state index contributed by atoms with van der Waals surface area (Å²) < 4.78 is 0. The molecule has 4 heteroatoms. The normalized spacial score (nSPS) is 18.3. The summed E-state index contributed by atoms with van der Waals surface area (Å²) >= 11 is 11.0. The van der Waals surface area contributed by atoms with Crippen molar-refractivity contribution in [1.29, 1.82) is 0 Å². The van der Waals surface area contributed by atoms with Crippen LogP contribution < -0.4 is 5.73 Å². The van der Waals surface area contributed by atoms with E-state index in [1.807, 2.05) is 12.1 Å². The van der Waals surface area contributed by atoms with Crippen molar-refractivity contribution in [2.45, 2.75) is 32.2 Å². The van der Waals surface area contributed by atoms with Crippen LogP contribution >= 0.6 is 23.8 Å². The van der Waals surface area contributed by atoms with Crippen molar-refractivity contribution in [1.82, 2.24) is 4.90 Å². The largest absolute Gasteiger partial charge is 0.393 e. The average Bonchev–Trinajstić information content (AvgIpc) is 3.07. The van der Waals surface area contributed by atoms with Crippen LogP contribution in [0, 0.1) is 5.41 Å². The number of hydrogen-bond donors (Lipinski definition) is 1. The maximum Gasteiger partial charge on any atom is 0.0733 e. The highest BCUT2D eigenvalue weighted by Gasteiger charge is 2.44. The van der Waals surface area contributed by atoms with E-state index in [4.69, 9.17) is 29.6 Å². The molecule has 0 heterocycles. The SMILES string of the molecule is CC(c1ccc(Cl)cc1)N(C)CC1(CC(N)=S)CC1. The molecule has 1 fully saturated rings. The molecule has 1 atom stereocenters. The summed E-state index contributed by atoms with van der Waals surface area (Å²) in [6.07, 6.45) is 3.35. The molecule has 1 unspecified atom stereocenters. The molecular formula is C15H21ClN2S. The zero-order valence-corrected chi connectivity index (χ0v) is 13.1. The Bertz CT molecular complexity index is 454. The van der Waals surface area contributed by atoms with Crippen LogP contribution in [0.15, 0.2) is 24.3 Å². The maximum absolute atomic E-state index is 5.93. The number of halogens is 1. The van der Waals surface area contributed by atoms with Crippen molar-refractivity contribution in [2.24, 2.45) is 11.1 Å². The van der Waals surface area contributed by atoms with Gasteiger partial charge in [0, 0.05) is 24.0 Å². The number of nitrogens with zero attached hydrogens (tertiary/aromatic N) is 1. The Morgan fingerprint density at radius 1 is 1.42 bits per heavy atom. The Morgan fingerprint density at radius 3 is 2.47 bits per heavy atom. The fourth-order valence-electron chi connectivity index (χ4n) is 2.60.